The van der Waals surface area contributed by atoms with Gasteiger partial charge in [-0.1, -0.05) is 0 Å². The van der Waals surface area contributed by atoms with Crippen LogP contribution >= 0.6 is 0 Å². The molecule has 0 aliphatic carbocycles. The molecule has 0 aliphatic rings. The molecule has 5 heteroatoms. The van der Waals surface area contributed by atoms with Gasteiger partial charge < -0.3 is 0 Å². The van der Waals surface area contributed by atoms with E-state index in [1.54, 1.807) is 15.9 Å². The van der Waals surface area contributed by atoms with Gasteiger partial charge >= 0.3 is 38.6 Å². The molecular formula is HLiMnOScV. The summed E-state index contributed by atoms with van der Waals surface area (Å²) in [4.78, 5) is 0. The Morgan fingerprint density at radius 1 is 1.20 bits per heavy atom. The molecule has 23 valence electrons. The van der Waals surface area contributed by atoms with Crippen LogP contribution in [-0.2, 0) is 64.2 Å². The van der Waals surface area contributed by atoms with Crippen molar-refractivity contribution in [2.24, 2.45) is 0 Å². The first kappa shape index (κ1) is 26.3. The average molecular weight is 175 g/mol. The van der Waals surface area contributed by atoms with Crippen LogP contribution in [0.25, 0.3) is 0 Å². The Bertz CT molecular complexity index is 11.6. The maximum absolute atomic E-state index is 8.06. The Hall–Kier alpha value is 2.37. The molecule has 0 unspecified atom stereocenters. The van der Waals surface area contributed by atoms with Crippen LogP contribution < -0.4 is 0 Å². The van der Waals surface area contributed by atoms with Crippen LogP contribution in [0.2, 0.25) is 0 Å². The van der Waals surface area contributed by atoms with Crippen LogP contribution in [0.3, 0.4) is 0 Å². The molecular weight excluding hydrogens is 174 g/mol. The summed E-state index contributed by atoms with van der Waals surface area (Å²) in [6.07, 6.45) is 0. The summed E-state index contributed by atoms with van der Waals surface area (Å²) in [5, 5.41) is 0. The summed E-state index contributed by atoms with van der Waals surface area (Å²) in [5.74, 6) is 0. The van der Waals surface area contributed by atoms with Crippen molar-refractivity contribution in [3.8, 4) is 0 Å². The van der Waals surface area contributed by atoms with Gasteiger partial charge in [-0.25, -0.2) is 0 Å². The predicted molar refractivity (Wildman–Crippen MR) is 7.84 cm³/mol. The van der Waals surface area contributed by atoms with Crippen molar-refractivity contribution in [1.82, 2.24) is 0 Å². The summed E-state index contributed by atoms with van der Waals surface area (Å²) in [6.45, 7) is 0. The fourth-order valence-corrected chi connectivity index (χ4v) is 0. The van der Waals surface area contributed by atoms with Crippen molar-refractivity contribution in [3.63, 3.8) is 0 Å². The van der Waals surface area contributed by atoms with Gasteiger partial charge in [0.2, 0.25) is 0 Å². The number of hydrogen-bond donors (Lipinski definition) is 0. The van der Waals surface area contributed by atoms with Gasteiger partial charge in [-0.05, 0) is 0 Å². The summed E-state index contributed by atoms with van der Waals surface area (Å²) < 4.78 is 8.06. The Labute approximate surface area is 81.9 Å². The molecule has 5 heavy (non-hydrogen) atoms. The zero-order valence-electron chi connectivity index (χ0n) is 1.81. The van der Waals surface area contributed by atoms with E-state index in [0.29, 0.717) is 0 Å². The van der Waals surface area contributed by atoms with Crippen molar-refractivity contribution in [2.45, 2.75) is 0 Å². The van der Waals surface area contributed by atoms with Crippen molar-refractivity contribution in [3.05, 3.63) is 0 Å². The first-order valence-corrected chi connectivity index (χ1v) is 0.636. The van der Waals surface area contributed by atoms with Crippen molar-refractivity contribution >= 4 is 18.9 Å². The smallest absolute Gasteiger partial charge is 0 e. The van der Waals surface area contributed by atoms with E-state index < -0.39 is 0 Å². The van der Waals surface area contributed by atoms with E-state index in [4.69, 9.17) is 3.83 Å². The molecule has 0 aromatic rings. The molecule has 0 aromatic heterocycles. The maximum Gasteiger partial charge on any atom is 0 e. The van der Waals surface area contributed by atoms with Crippen LogP contribution in [0, 0.1) is 0 Å². The van der Waals surface area contributed by atoms with E-state index in [0.717, 1.165) is 0 Å². The van der Waals surface area contributed by atoms with Crippen LogP contribution in [0.4, 0.5) is 0 Å². The van der Waals surface area contributed by atoms with E-state index in [1.165, 1.54) is 0 Å². The first-order valence-electron chi connectivity index (χ1n) is 0.154. The van der Waals surface area contributed by atoms with Gasteiger partial charge in [-0.3, -0.25) is 0 Å². The molecule has 0 N–H and O–H groups in total. The third-order valence-electron chi connectivity index (χ3n) is 0. The standard InChI is InChI=1S/Li.Mn.O.Sc.V.H. The Morgan fingerprint density at radius 2 is 1.20 bits per heavy atom. The predicted octanol–water partition coefficient (Wildman–Crippen LogP) is -0.775. The minimum Gasteiger partial charge on any atom is 0 e. The second-order valence-electron chi connectivity index (χ2n) is 0. The fraction of sp³-hybridized carbons (Fsp3) is 0. The summed E-state index contributed by atoms with van der Waals surface area (Å²) in [6, 6.07) is 0. The Kier molecular flexibility index (Phi) is 172. The molecule has 1 nitrogen and oxygen atoms in total. The SMILES string of the molecule is [LiH].[O]=[Mn].[Sc].[V]. The minimum absolute atomic E-state index is 0. The molecule has 2 radical (unpaired) electrons. The summed E-state index contributed by atoms with van der Waals surface area (Å²) in [5.41, 5.74) is 0. The number of rotatable bonds is 0. The second kappa shape index (κ2) is 32.7. The van der Waals surface area contributed by atoms with Crippen LogP contribution in [0.1, 0.15) is 0 Å². The maximum atomic E-state index is 8.06. The Morgan fingerprint density at radius 3 is 1.20 bits per heavy atom. The van der Waals surface area contributed by atoms with Gasteiger partial charge in [0.25, 0.3) is 0 Å². The first-order chi connectivity index (χ1) is 1.00. The monoisotopic (exact) mass is 175 g/mol. The van der Waals surface area contributed by atoms with E-state index in [9.17, 15) is 0 Å². The molecule has 0 spiro atoms. The van der Waals surface area contributed by atoms with Crippen LogP contribution in [-0.4, -0.2) is 18.9 Å². The summed E-state index contributed by atoms with van der Waals surface area (Å²) in [7, 11) is 0. The zero-order valence-corrected chi connectivity index (χ0v) is 6.19. The van der Waals surface area contributed by atoms with Gasteiger partial charge in [-0.2, -0.15) is 0 Å². The minimum atomic E-state index is 0. The molecule has 0 bridgehead atoms. The molecule has 0 aliphatic heterocycles. The average Bonchev–Trinajstić information content (AvgIpc) is 1.00. The van der Waals surface area contributed by atoms with Crippen LogP contribution in [0.5, 0.6) is 0 Å². The van der Waals surface area contributed by atoms with Gasteiger partial charge in [0, 0.05) is 44.4 Å². The van der Waals surface area contributed by atoms with Crippen LogP contribution in [0.15, 0.2) is 0 Å². The zero-order chi connectivity index (χ0) is 2.00. The van der Waals surface area contributed by atoms with Crippen molar-refractivity contribution < 1.29 is 64.2 Å². The number of hydrogen-bond acceptors (Lipinski definition) is 1. The molecule has 0 heterocycles. The van der Waals surface area contributed by atoms with Crippen molar-refractivity contribution in [2.75, 3.05) is 0 Å². The normalized spacial score (nSPS) is 0.800. The van der Waals surface area contributed by atoms with E-state index in [1.807, 2.05) is 0 Å². The molecule has 0 atom stereocenters. The van der Waals surface area contributed by atoms with E-state index in [-0.39, 0.29) is 63.3 Å². The fourth-order valence-electron chi connectivity index (χ4n) is 0. The van der Waals surface area contributed by atoms with Gasteiger partial charge in [0.05, 0.1) is 0 Å². The molecule has 0 amide bonds. The second-order valence-corrected chi connectivity index (χ2v) is 0. The molecule has 0 aromatic carbocycles. The van der Waals surface area contributed by atoms with Crippen molar-refractivity contribution in [1.29, 1.82) is 0 Å². The van der Waals surface area contributed by atoms with Gasteiger partial charge in [0.15, 0.2) is 0 Å². The van der Waals surface area contributed by atoms with Gasteiger partial charge in [0.1, 0.15) is 0 Å². The van der Waals surface area contributed by atoms with E-state index >= 15 is 0 Å². The quantitative estimate of drug-likeness (QED) is 0.441. The molecule has 0 saturated heterocycles. The topological polar surface area (TPSA) is 17.1 Å². The summed E-state index contributed by atoms with van der Waals surface area (Å²) >= 11 is 1.69. The molecule has 0 saturated carbocycles. The third-order valence-corrected chi connectivity index (χ3v) is 0. The third kappa shape index (κ3) is 21.7. The molecule has 0 rings (SSSR count). The molecule has 0 fully saturated rings. The van der Waals surface area contributed by atoms with E-state index in [2.05, 4.69) is 0 Å². The largest absolute Gasteiger partial charge is 0 e. The Balaban J connectivity index is -0.00000000167. The van der Waals surface area contributed by atoms with Gasteiger partial charge in [-0.15, -0.1) is 0 Å².